The van der Waals surface area contributed by atoms with Crippen molar-refractivity contribution < 1.29 is 0 Å². The average molecular weight is 483 g/mol. The molecule has 4 nitrogen and oxygen atoms in total. The molecule has 2 aromatic heterocycles. The van der Waals surface area contributed by atoms with Gasteiger partial charge < -0.3 is 0 Å². The lowest BCUT2D eigenvalue weighted by atomic mass is 9.94. The summed E-state index contributed by atoms with van der Waals surface area (Å²) in [4.78, 5) is 6.83. The minimum absolute atomic E-state index is 0.661. The summed E-state index contributed by atoms with van der Waals surface area (Å²) in [6.07, 6.45) is 0. The predicted molar refractivity (Wildman–Crippen MR) is 148 cm³/mol. The van der Waals surface area contributed by atoms with Crippen molar-refractivity contribution in [3.05, 3.63) is 120 Å². The quantitative estimate of drug-likeness (QED) is 0.239. The van der Waals surface area contributed by atoms with Crippen LogP contribution in [0.2, 0.25) is 5.02 Å². The van der Waals surface area contributed by atoms with E-state index in [9.17, 15) is 0 Å². The molecule has 0 N–H and O–H groups in total. The summed E-state index contributed by atoms with van der Waals surface area (Å²) in [7, 11) is 0. The largest absolute Gasteiger partial charge is 0.247 e. The summed E-state index contributed by atoms with van der Waals surface area (Å²) in [6, 6.07) is 38.6. The van der Waals surface area contributed by atoms with Crippen LogP contribution in [0, 0.1) is 0 Å². The lowest BCUT2D eigenvalue weighted by Gasteiger charge is -2.13. The molecule has 5 aromatic carbocycles. The molecule has 0 atom stereocenters. The van der Waals surface area contributed by atoms with Gasteiger partial charge in [0.05, 0.1) is 16.9 Å². The molecule has 0 bridgehead atoms. The molecule has 0 aliphatic heterocycles. The summed E-state index contributed by atoms with van der Waals surface area (Å²) < 4.78 is 0. The molecule has 0 saturated carbocycles. The number of nitrogens with zero attached hydrogens (tertiary/aromatic N) is 4. The fraction of sp³-hybridized carbons (Fsp3) is 0. The van der Waals surface area contributed by atoms with Gasteiger partial charge in [-0.05, 0) is 42.0 Å². The standard InChI is InChI=1S/C31H19ClN4/c32-22-16-17-27-25(18-22)28-26(29(33-27)21-12-6-2-7-13-21)19-24(20-10-4-1-5-11-20)30-31(28)35-36(34-30)23-14-8-3-9-15-23/h1-19H. The third-order valence-corrected chi connectivity index (χ3v) is 6.73. The fourth-order valence-electron chi connectivity index (χ4n) is 4.85. The molecular weight excluding hydrogens is 464 g/mol. The number of aromatic nitrogens is 4. The first-order valence-electron chi connectivity index (χ1n) is 11.8. The maximum absolute atomic E-state index is 6.49. The Labute approximate surface area is 212 Å². The van der Waals surface area contributed by atoms with E-state index in [1.807, 2.05) is 84.9 Å². The Morgan fingerprint density at radius 1 is 0.583 bits per heavy atom. The minimum atomic E-state index is 0.661. The van der Waals surface area contributed by atoms with E-state index < -0.39 is 0 Å². The van der Waals surface area contributed by atoms with E-state index in [0.717, 1.165) is 60.8 Å². The molecule has 0 spiro atoms. The number of para-hydroxylation sites is 1. The third kappa shape index (κ3) is 3.35. The van der Waals surface area contributed by atoms with Gasteiger partial charge in [0.25, 0.3) is 0 Å². The van der Waals surface area contributed by atoms with E-state index in [2.05, 4.69) is 30.3 Å². The summed E-state index contributed by atoms with van der Waals surface area (Å²) in [5.74, 6) is 0. The zero-order valence-electron chi connectivity index (χ0n) is 19.1. The third-order valence-electron chi connectivity index (χ3n) is 6.50. The Morgan fingerprint density at radius 2 is 1.22 bits per heavy atom. The Balaban J connectivity index is 1.70. The zero-order valence-corrected chi connectivity index (χ0v) is 19.9. The predicted octanol–water partition coefficient (Wildman–Crippen LogP) is 8.11. The van der Waals surface area contributed by atoms with Crippen LogP contribution in [0.1, 0.15) is 0 Å². The molecule has 0 amide bonds. The lowest BCUT2D eigenvalue weighted by Crippen LogP contribution is -1.97. The highest BCUT2D eigenvalue weighted by Crippen LogP contribution is 2.41. The number of pyridine rings is 1. The van der Waals surface area contributed by atoms with E-state index in [0.29, 0.717) is 5.02 Å². The molecule has 0 fully saturated rings. The Bertz CT molecular complexity index is 1880. The number of hydrogen-bond acceptors (Lipinski definition) is 3. The smallest absolute Gasteiger partial charge is 0.122 e. The normalized spacial score (nSPS) is 11.5. The van der Waals surface area contributed by atoms with Crippen LogP contribution in [0.25, 0.3) is 60.8 Å². The fourth-order valence-corrected chi connectivity index (χ4v) is 5.02. The number of halogens is 1. The summed E-state index contributed by atoms with van der Waals surface area (Å²) >= 11 is 6.49. The summed E-state index contributed by atoms with van der Waals surface area (Å²) in [6.45, 7) is 0. The first-order valence-corrected chi connectivity index (χ1v) is 12.1. The van der Waals surface area contributed by atoms with Crippen molar-refractivity contribution in [2.24, 2.45) is 0 Å². The molecule has 36 heavy (non-hydrogen) atoms. The average Bonchev–Trinajstić information content (AvgIpc) is 3.39. The molecule has 0 unspecified atom stereocenters. The summed E-state index contributed by atoms with van der Waals surface area (Å²) in [5, 5.41) is 13.7. The second-order valence-corrected chi connectivity index (χ2v) is 9.16. The van der Waals surface area contributed by atoms with E-state index in [-0.39, 0.29) is 0 Å². The SMILES string of the molecule is Clc1ccc2nc(-c3ccccc3)c3cc(-c4ccccc4)c4nn(-c5ccccc5)nc4c3c2c1. The van der Waals surface area contributed by atoms with Crippen molar-refractivity contribution in [3.8, 4) is 28.1 Å². The topological polar surface area (TPSA) is 43.6 Å². The second kappa shape index (κ2) is 8.29. The van der Waals surface area contributed by atoms with Gasteiger partial charge in [0.15, 0.2) is 0 Å². The summed E-state index contributed by atoms with van der Waals surface area (Å²) in [5.41, 5.74) is 7.48. The minimum Gasteiger partial charge on any atom is -0.247 e. The van der Waals surface area contributed by atoms with Crippen LogP contribution in [-0.4, -0.2) is 20.0 Å². The van der Waals surface area contributed by atoms with Crippen LogP contribution in [0.5, 0.6) is 0 Å². The second-order valence-electron chi connectivity index (χ2n) is 8.72. The van der Waals surface area contributed by atoms with Crippen LogP contribution in [-0.2, 0) is 0 Å². The highest BCUT2D eigenvalue weighted by atomic mass is 35.5. The van der Waals surface area contributed by atoms with Crippen molar-refractivity contribution in [2.45, 2.75) is 0 Å². The number of hydrogen-bond donors (Lipinski definition) is 0. The van der Waals surface area contributed by atoms with E-state index in [1.54, 1.807) is 4.80 Å². The molecule has 7 rings (SSSR count). The molecule has 0 aliphatic carbocycles. The molecule has 170 valence electrons. The Hall–Kier alpha value is -4.54. The molecule has 0 radical (unpaired) electrons. The van der Waals surface area contributed by atoms with Gasteiger partial charge in [0, 0.05) is 32.3 Å². The van der Waals surface area contributed by atoms with Gasteiger partial charge in [0.2, 0.25) is 0 Å². The number of rotatable bonds is 3. The van der Waals surface area contributed by atoms with Gasteiger partial charge in [0.1, 0.15) is 11.0 Å². The highest BCUT2D eigenvalue weighted by molar-refractivity contribution is 6.32. The van der Waals surface area contributed by atoms with Gasteiger partial charge in [-0.1, -0.05) is 90.5 Å². The van der Waals surface area contributed by atoms with Gasteiger partial charge in [-0.2, -0.15) is 4.80 Å². The van der Waals surface area contributed by atoms with Crippen molar-refractivity contribution >= 4 is 44.3 Å². The van der Waals surface area contributed by atoms with Crippen LogP contribution in [0.4, 0.5) is 0 Å². The van der Waals surface area contributed by atoms with Crippen molar-refractivity contribution in [3.63, 3.8) is 0 Å². The first-order chi connectivity index (χ1) is 17.8. The maximum atomic E-state index is 6.49. The van der Waals surface area contributed by atoms with Gasteiger partial charge >= 0.3 is 0 Å². The monoisotopic (exact) mass is 482 g/mol. The van der Waals surface area contributed by atoms with Crippen LogP contribution < -0.4 is 0 Å². The van der Waals surface area contributed by atoms with Crippen LogP contribution in [0.15, 0.2) is 115 Å². The molecule has 7 aromatic rings. The van der Waals surface area contributed by atoms with Crippen molar-refractivity contribution in [1.82, 2.24) is 20.0 Å². The number of benzene rings is 5. The van der Waals surface area contributed by atoms with Gasteiger partial charge in [-0.25, -0.2) is 4.98 Å². The van der Waals surface area contributed by atoms with Gasteiger partial charge in [-0.3, -0.25) is 0 Å². The van der Waals surface area contributed by atoms with E-state index in [1.165, 1.54) is 0 Å². The molecule has 0 saturated heterocycles. The van der Waals surface area contributed by atoms with Crippen molar-refractivity contribution in [2.75, 3.05) is 0 Å². The highest BCUT2D eigenvalue weighted by Gasteiger charge is 2.20. The Morgan fingerprint density at radius 3 is 1.94 bits per heavy atom. The maximum Gasteiger partial charge on any atom is 0.122 e. The van der Waals surface area contributed by atoms with Crippen LogP contribution in [0.3, 0.4) is 0 Å². The molecular formula is C31H19ClN4. The molecule has 0 aliphatic rings. The van der Waals surface area contributed by atoms with E-state index >= 15 is 0 Å². The van der Waals surface area contributed by atoms with Gasteiger partial charge in [-0.15, -0.1) is 10.2 Å². The first kappa shape index (κ1) is 20.8. The molecule has 5 heteroatoms. The Kier molecular flexibility index (Phi) is 4.79. The number of fused-ring (bicyclic) bond motifs is 5. The van der Waals surface area contributed by atoms with Crippen molar-refractivity contribution in [1.29, 1.82) is 0 Å². The lowest BCUT2D eigenvalue weighted by molar-refractivity contribution is 0.766. The molecule has 2 heterocycles. The van der Waals surface area contributed by atoms with Crippen LogP contribution >= 0.6 is 11.6 Å². The zero-order chi connectivity index (χ0) is 24.1. The van der Waals surface area contributed by atoms with E-state index in [4.69, 9.17) is 26.8 Å².